The molecule has 1 rings (SSSR count). The van der Waals surface area contributed by atoms with E-state index < -0.39 is 0 Å². The Morgan fingerprint density at radius 3 is 2.50 bits per heavy atom. The Bertz CT molecular complexity index is 324. The van der Waals surface area contributed by atoms with Gasteiger partial charge in [0.15, 0.2) is 0 Å². The number of esters is 1. The third-order valence-electron chi connectivity index (χ3n) is 2.91. The summed E-state index contributed by atoms with van der Waals surface area (Å²) in [5.74, 6) is 0.104. The van der Waals surface area contributed by atoms with E-state index in [0.29, 0.717) is 6.42 Å². The summed E-state index contributed by atoms with van der Waals surface area (Å²) in [4.78, 5) is 11.3. The van der Waals surface area contributed by atoms with E-state index in [1.54, 1.807) is 0 Å². The minimum absolute atomic E-state index is 0.106. The molecule has 2 unspecified atom stereocenters. The van der Waals surface area contributed by atoms with E-state index in [-0.39, 0.29) is 17.9 Å². The highest BCUT2D eigenvalue weighted by atomic mass is 16.5. The summed E-state index contributed by atoms with van der Waals surface area (Å²) in [5.41, 5.74) is 1.23. The molecule has 0 saturated heterocycles. The van der Waals surface area contributed by atoms with Gasteiger partial charge in [0.1, 0.15) is 0 Å². The molecule has 0 aliphatic heterocycles. The first-order valence-electron chi connectivity index (χ1n) is 5.48. The first kappa shape index (κ1) is 12.7. The van der Waals surface area contributed by atoms with Crippen molar-refractivity contribution in [1.29, 1.82) is 0 Å². The number of hydrogen-bond donors (Lipinski definition) is 1. The molecule has 0 aliphatic rings. The van der Waals surface area contributed by atoms with Crippen LogP contribution in [0.4, 0.5) is 0 Å². The van der Waals surface area contributed by atoms with Crippen LogP contribution in [0.25, 0.3) is 0 Å². The van der Waals surface area contributed by atoms with Crippen LogP contribution in [0.5, 0.6) is 0 Å². The maximum absolute atomic E-state index is 11.3. The molecule has 0 fully saturated rings. The maximum atomic E-state index is 11.3. The molecule has 0 aliphatic carbocycles. The average molecular weight is 221 g/mol. The monoisotopic (exact) mass is 221 g/mol. The number of carbonyl (C=O) groups excluding carboxylic acids is 1. The molecule has 2 atom stereocenters. The Kier molecular flexibility index (Phi) is 4.99. The topological polar surface area (TPSA) is 38.3 Å². The standard InChI is InChI=1S/C13H19NO2/c1-10(11-7-5-4-6-8-11)12(14-2)9-13(15)16-3/h4-8,10,12,14H,9H2,1-3H3. The average Bonchev–Trinajstić information content (AvgIpc) is 2.35. The Morgan fingerprint density at radius 1 is 1.38 bits per heavy atom. The molecular weight excluding hydrogens is 202 g/mol. The van der Waals surface area contributed by atoms with Gasteiger partial charge in [-0.2, -0.15) is 0 Å². The van der Waals surface area contributed by atoms with Crippen molar-refractivity contribution < 1.29 is 9.53 Å². The van der Waals surface area contributed by atoms with E-state index in [4.69, 9.17) is 0 Å². The second-order valence-corrected chi connectivity index (χ2v) is 3.87. The van der Waals surface area contributed by atoms with Gasteiger partial charge in [-0.1, -0.05) is 37.3 Å². The molecule has 0 amide bonds. The number of hydrogen-bond acceptors (Lipinski definition) is 3. The van der Waals surface area contributed by atoms with Crippen molar-refractivity contribution in [2.75, 3.05) is 14.2 Å². The zero-order valence-electron chi connectivity index (χ0n) is 10.1. The van der Waals surface area contributed by atoms with E-state index in [1.807, 2.05) is 25.2 Å². The Hall–Kier alpha value is -1.35. The van der Waals surface area contributed by atoms with Crippen molar-refractivity contribution in [3.63, 3.8) is 0 Å². The summed E-state index contributed by atoms with van der Waals surface area (Å²) in [5, 5.41) is 3.16. The first-order chi connectivity index (χ1) is 7.69. The van der Waals surface area contributed by atoms with E-state index in [0.717, 1.165) is 0 Å². The fourth-order valence-electron chi connectivity index (χ4n) is 1.78. The van der Waals surface area contributed by atoms with Gasteiger partial charge < -0.3 is 10.1 Å². The molecule has 0 saturated carbocycles. The van der Waals surface area contributed by atoms with Gasteiger partial charge in [-0.25, -0.2) is 0 Å². The lowest BCUT2D eigenvalue weighted by Crippen LogP contribution is -2.33. The third-order valence-corrected chi connectivity index (χ3v) is 2.91. The van der Waals surface area contributed by atoms with Gasteiger partial charge in [-0.05, 0) is 18.5 Å². The minimum atomic E-state index is -0.179. The van der Waals surface area contributed by atoms with Crippen molar-refractivity contribution in [3.8, 4) is 0 Å². The summed E-state index contributed by atoms with van der Waals surface area (Å²) < 4.78 is 4.69. The quantitative estimate of drug-likeness (QED) is 0.772. The maximum Gasteiger partial charge on any atom is 0.307 e. The van der Waals surface area contributed by atoms with Gasteiger partial charge >= 0.3 is 5.97 Å². The lowest BCUT2D eigenvalue weighted by molar-refractivity contribution is -0.141. The molecule has 0 aromatic heterocycles. The highest BCUT2D eigenvalue weighted by Gasteiger charge is 2.20. The van der Waals surface area contributed by atoms with E-state index in [1.165, 1.54) is 12.7 Å². The van der Waals surface area contributed by atoms with E-state index in [2.05, 4.69) is 29.1 Å². The van der Waals surface area contributed by atoms with Gasteiger partial charge in [0.05, 0.1) is 13.5 Å². The largest absolute Gasteiger partial charge is 0.469 e. The lowest BCUT2D eigenvalue weighted by atomic mass is 9.91. The lowest BCUT2D eigenvalue weighted by Gasteiger charge is -2.22. The number of likely N-dealkylation sites (N-methyl/N-ethyl adjacent to an activating group) is 1. The van der Waals surface area contributed by atoms with Crippen LogP contribution in [-0.4, -0.2) is 26.2 Å². The minimum Gasteiger partial charge on any atom is -0.469 e. The second kappa shape index (κ2) is 6.28. The summed E-state index contributed by atoms with van der Waals surface area (Å²) in [6.45, 7) is 2.11. The van der Waals surface area contributed by atoms with Crippen LogP contribution < -0.4 is 5.32 Å². The molecule has 0 spiro atoms. The molecule has 88 valence electrons. The molecule has 3 heteroatoms. The van der Waals surface area contributed by atoms with Gasteiger partial charge in [0, 0.05) is 6.04 Å². The number of carbonyl (C=O) groups is 1. The fourth-order valence-corrected chi connectivity index (χ4v) is 1.78. The molecule has 1 aromatic carbocycles. The molecule has 0 radical (unpaired) electrons. The van der Waals surface area contributed by atoms with Crippen LogP contribution in [0, 0.1) is 0 Å². The van der Waals surface area contributed by atoms with Gasteiger partial charge in [0.2, 0.25) is 0 Å². The van der Waals surface area contributed by atoms with Crippen molar-refractivity contribution in [1.82, 2.24) is 5.32 Å². The van der Waals surface area contributed by atoms with E-state index in [9.17, 15) is 4.79 Å². The normalized spacial score (nSPS) is 14.2. The molecule has 0 bridgehead atoms. The zero-order chi connectivity index (χ0) is 12.0. The smallest absolute Gasteiger partial charge is 0.307 e. The predicted octanol–water partition coefficient (Wildman–Crippen LogP) is 1.94. The number of ether oxygens (including phenoxy) is 1. The number of nitrogens with one attached hydrogen (secondary N) is 1. The van der Waals surface area contributed by atoms with Crippen LogP contribution in [0.15, 0.2) is 30.3 Å². The van der Waals surface area contributed by atoms with Crippen molar-refractivity contribution in [2.45, 2.75) is 25.3 Å². The predicted molar refractivity (Wildman–Crippen MR) is 64.3 cm³/mol. The van der Waals surface area contributed by atoms with Crippen LogP contribution in [0.2, 0.25) is 0 Å². The first-order valence-corrected chi connectivity index (χ1v) is 5.48. The summed E-state index contributed by atoms with van der Waals surface area (Å²) in [6.07, 6.45) is 0.392. The Balaban J connectivity index is 2.70. The van der Waals surface area contributed by atoms with Crippen molar-refractivity contribution in [2.24, 2.45) is 0 Å². The third kappa shape index (κ3) is 3.35. The number of methoxy groups -OCH3 is 1. The fraction of sp³-hybridized carbons (Fsp3) is 0.462. The Morgan fingerprint density at radius 2 is 2.00 bits per heavy atom. The molecule has 0 heterocycles. The SMILES string of the molecule is CNC(CC(=O)OC)C(C)c1ccccc1. The molecular formula is C13H19NO2. The highest BCUT2D eigenvalue weighted by molar-refractivity contribution is 5.70. The highest BCUT2D eigenvalue weighted by Crippen LogP contribution is 2.20. The van der Waals surface area contributed by atoms with Gasteiger partial charge in [0.25, 0.3) is 0 Å². The van der Waals surface area contributed by atoms with Gasteiger partial charge in [-0.3, -0.25) is 4.79 Å². The Labute approximate surface area is 96.8 Å². The summed E-state index contributed by atoms with van der Waals surface area (Å²) >= 11 is 0. The number of rotatable bonds is 5. The van der Waals surface area contributed by atoms with Crippen LogP contribution in [0.1, 0.15) is 24.8 Å². The molecule has 3 nitrogen and oxygen atoms in total. The van der Waals surface area contributed by atoms with Crippen molar-refractivity contribution >= 4 is 5.97 Å². The number of benzene rings is 1. The van der Waals surface area contributed by atoms with Crippen LogP contribution in [-0.2, 0) is 9.53 Å². The van der Waals surface area contributed by atoms with Crippen LogP contribution in [0.3, 0.4) is 0 Å². The van der Waals surface area contributed by atoms with Crippen molar-refractivity contribution in [3.05, 3.63) is 35.9 Å². The van der Waals surface area contributed by atoms with Gasteiger partial charge in [-0.15, -0.1) is 0 Å². The zero-order valence-corrected chi connectivity index (χ0v) is 10.1. The van der Waals surface area contributed by atoms with Crippen LogP contribution >= 0.6 is 0 Å². The molecule has 16 heavy (non-hydrogen) atoms. The summed E-state index contributed by atoms with van der Waals surface area (Å²) in [6, 6.07) is 10.3. The van der Waals surface area contributed by atoms with E-state index >= 15 is 0 Å². The molecule has 1 N–H and O–H groups in total. The second-order valence-electron chi connectivity index (χ2n) is 3.87. The summed E-state index contributed by atoms with van der Waals surface area (Å²) in [7, 11) is 3.29. The molecule has 1 aromatic rings.